The van der Waals surface area contributed by atoms with Gasteiger partial charge in [-0.1, -0.05) is 12.1 Å². The second kappa shape index (κ2) is 10.6. The van der Waals surface area contributed by atoms with E-state index in [0.29, 0.717) is 29.2 Å². The van der Waals surface area contributed by atoms with Crippen molar-refractivity contribution in [1.82, 2.24) is 14.8 Å². The van der Waals surface area contributed by atoms with Crippen molar-refractivity contribution in [2.75, 3.05) is 45.9 Å². The number of aliphatic hydroxyl groups excluding tert-OH is 1. The second-order valence-corrected chi connectivity index (χ2v) is 10.1. The van der Waals surface area contributed by atoms with Gasteiger partial charge in [0.05, 0.1) is 28.8 Å². The number of rotatable bonds is 7. The average molecular weight is 524 g/mol. The number of thiazole rings is 1. The zero-order valence-corrected chi connectivity index (χ0v) is 21.6. The fourth-order valence-electron chi connectivity index (χ4n) is 4.74. The van der Waals surface area contributed by atoms with Gasteiger partial charge in [-0.15, -0.1) is 11.3 Å². The van der Waals surface area contributed by atoms with Crippen molar-refractivity contribution in [1.29, 1.82) is 0 Å². The summed E-state index contributed by atoms with van der Waals surface area (Å²) >= 11 is 1.31. The molecule has 37 heavy (non-hydrogen) atoms. The van der Waals surface area contributed by atoms with E-state index in [2.05, 4.69) is 14.8 Å². The van der Waals surface area contributed by atoms with E-state index in [1.165, 1.54) is 11.3 Å². The van der Waals surface area contributed by atoms with E-state index in [1.807, 2.05) is 24.3 Å². The van der Waals surface area contributed by atoms with Crippen LogP contribution < -0.4 is 5.43 Å². The predicted octanol–water partition coefficient (Wildman–Crippen LogP) is 3.37. The Morgan fingerprint density at radius 2 is 1.92 bits per heavy atom. The summed E-state index contributed by atoms with van der Waals surface area (Å²) in [6.45, 7) is 7.92. The molecule has 0 unspecified atom stereocenters. The molecule has 2 aromatic heterocycles. The lowest BCUT2D eigenvalue weighted by molar-refractivity contribution is 0.0492. The Morgan fingerprint density at radius 1 is 1.19 bits per heavy atom. The summed E-state index contributed by atoms with van der Waals surface area (Å²) in [6.07, 6.45) is 0. The molecule has 1 aliphatic rings. The van der Waals surface area contributed by atoms with E-state index < -0.39 is 5.97 Å². The third kappa shape index (κ3) is 4.85. The standard InChI is InChI=1S/C27H29N3O6S/c1-3-35-27(34)25-21(26-28-19-6-4-5-7-20(19)37-26)23(33)18-14-17(22(32)16(2)24(18)36-25)15-30-10-8-29(9-11-30)12-13-31/h4-7,14,31-32H,3,8-13,15H2,1-2H3. The van der Waals surface area contributed by atoms with E-state index in [0.717, 1.165) is 36.4 Å². The third-order valence-electron chi connectivity index (χ3n) is 6.71. The molecule has 0 bridgehead atoms. The molecule has 3 heterocycles. The molecule has 1 saturated heterocycles. The van der Waals surface area contributed by atoms with Crippen LogP contribution in [0.4, 0.5) is 0 Å². The summed E-state index contributed by atoms with van der Waals surface area (Å²) in [5.74, 6) is -0.927. The highest BCUT2D eigenvalue weighted by molar-refractivity contribution is 7.21. The molecule has 1 aliphatic heterocycles. The van der Waals surface area contributed by atoms with Gasteiger partial charge in [0, 0.05) is 50.4 Å². The van der Waals surface area contributed by atoms with Crippen molar-refractivity contribution in [3.05, 3.63) is 57.4 Å². The van der Waals surface area contributed by atoms with Crippen LogP contribution in [0.1, 0.15) is 28.6 Å². The second-order valence-electron chi connectivity index (χ2n) is 9.07. The summed E-state index contributed by atoms with van der Waals surface area (Å²) in [5, 5.41) is 20.9. The van der Waals surface area contributed by atoms with Crippen LogP contribution in [0.25, 0.3) is 31.8 Å². The van der Waals surface area contributed by atoms with Crippen LogP contribution in [0.2, 0.25) is 0 Å². The number of nitrogens with zero attached hydrogens (tertiary/aromatic N) is 3. The first-order valence-corrected chi connectivity index (χ1v) is 13.1. The Bertz CT molecular complexity index is 1490. The van der Waals surface area contributed by atoms with Crippen molar-refractivity contribution < 1.29 is 24.2 Å². The van der Waals surface area contributed by atoms with Crippen LogP contribution in [-0.2, 0) is 11.3 Å². The van der Waals surface area contributed by atoms with Crippen LogP contribution in [-0.4, -0.2) is 76.9 Å². The first-order chi connectivity index (χ1) is 17.9. The van der Waals surface area contributed by atoms with Gasteiger partial charge in [-0.3, -0.25) is 14.6 Å². The lowest BCUT2D eigenvalue weighted by Gasteiger charge is -2.34. The van der Waals surface area contributed by atoms with Gasteiger partial charge < -0.3 is 19.4 Å². The maximum Gasteiger partial charge on any atom is 0.375 e. The lowest BCUT2D eigenvalue weighted by Crippen LogP contribution is -2.46. The Hall–Kier alpha value is -3.31. The highest BCUT2D eigenvalue weighted by Crippen LogP contribution is 2.36. The number of carbonyl (C=O) groups is 1. The molecule has 9 nitrogen and oxygen atoms in total. The molecule has 1 fully saturated rings. The van der Waals surface area contributed by atoms with Crippen molar-refractivity contribution >= 4 is 38.5 Å². The number of aromatic hydroxyl groups is 1. The third-order valence-corrected chi connectivity index (χ3v) is 7.76. The molecule has 0 saturated carbocycles. The number of carbonyl (C=O) groups excluding carboxylic acids is 1. The topological polar surface area (TPSA) is 116 Å². The molecule has 4 aromatic rings. The minimum atomic E-state index is -0.750. The number of aliphatic hydroxyl groups is 1. The smallest absolute Gasteiger partial charge is 0.375 e. The zero-order chi connectivity index (χ0) is 26.1. The quantitative estimate of drug-likeness (QED) is 0.352. The molecule has 2 N–H and O–H groups in total. The molecule has 0 spiro atoms. The zero-order valence-electron chi connectivity index (χ0n) is 20.8. The van der Waals surface area contributed by atoms with Crippen LogP contribution in [0.3, 0.4) is 0 Å². The minimum absolute atomic E-state index is 0.0379. The molecule has 0 radical (unpaired) electrons. The van der Waals surface area contributed by atoms with Gasteiger partial charge in [0.15, 0.2) is 0 Å². The summed E-state index contributed by atoms with van der Waals surface area (Å²) in [5.41, 5.74) is 1.57. The number of fused-ring (bicyclic) bond motifs is 2. The van der Waals surface area contributed by atoms with Crippen LogP contribution >= 0.6 is 11.3 Å². The molecule has 0 atom stereocenters. The Balaban J connectivity index is 1.62. The van der Waals surface area contributed by atoms with Gasteiger partial charge in [-0.2, -0.15) is 0 Å². The monoisotopic (exact) mass is 523 g/mol. The highest BCUT2D eigenvalue weighted by atomic mass is 32.1. The molecule has 194 valence electrons. The van der Waals surface area contributed by atoms with Crippen LogP contribution in [0, 0.1) is 6.92 Å². The van der Waals surface area contributed by atoms with E-state index in [-0.39, 0.29) is 46.7 Å². The normalized spacial score (nSPS) is 15.0. The fraction of sp³-hybridized carbons (Fsp3) is 0.370. The van der Waals surface area contributed by atoms with Crippen molar-refractivity contribution in [3.63, 3.8) is 0 Å². The number of aromatic nitrogens is 1. The lowest BCUT2D eigenvalue weighted by atomic mass is 10.0. The number of β-amino-alcohol motifs (C(OH)–C–C–N with tert-alkyl or cyclic N) is 1. The van der Waals surface area contributed by atoms with Gasteiger partial charge in [0.2, 0.25) is 11.2 Å². The summed E-state index contributed by atoms with van der Waals surface area (Å²) < 4.78 is 12.1. The van der Waals surface area contributed by atoms with Gasteiger partial charge in [-0.25, -0.2) is 9.78 Å². The van der Waals surface area contributed by atoms with Gasteiger partial charge in [0.1, 0.15) is 21.9 Å². The van der Waals surface area contributed by atoms with Crippen LogP contribution in [0.5, 0.6) is 5.75 Å². The maximum absolute atomic E-state index is 13.9. The molecule has 5 rings (SSSR count). The number of benzene rings is 2. The Kier molecular flexibility index (Phi) is 7.25. The minimum Gasteiger partial charge on any atom is -0.507 e. The summed E-state index contributed by atoms with van der Waals surface area (Å²) in [4.78, 5) is 35.8. The van der Waals surface area contributed by atoms with Crippen molar-refractivity contribution in [2.45, 2.75) is 20.4 Å². The van der Waals surface area contributed by atoms with Gasteiger partial charge in [0.25, 0.3) is 0 Å². The highest BCUT2D eigenvalue weighted by Gasteiger charge is 2.28. The number of ether oxygens (including phenoxy) is 1. The Morgan fingerprint density at radius 3 is 2.62 bits per heavy atom. The van der Waals surface area contributed by atoms with Gasteiger partial charge >= 0.3 is 5.97 Å². The van der Waals surface area contributed by atoms with Crippen molar-refractivity contribution in [2.24, 2.45) is 0 Å². The molecule has 10 heteroatoms. The largest absolute Gasteiger partial charge is 0.507 e. The van der Waals surface area contributed by atoms with Crippen molar-refractivity contribution in [3.8, 4) is 16.3 Å². The molecule has 2 aromatic carbocycles. The SMILES string of the molecule is CCOC(=O)c1oc2c(C)c(O)c(CN3CCN(CCO)CC3)cc2c(=O)c1-c1nc2ccccc2s1. The first-order valence-electron chi connectivity index (χ1n) is 12.3. The number of phenols is 1. The average Bonchev–Trinajstić information content (AvgIpc) is 3.32. The summed E-state index contributed by atoms with van der Waals surface area (Å²) in [7, 11) is 0. The van der Waals surface area contributed by atoms with E-state index >= 15 is 0 Å². The predicted molar refractivity (Wildman–Crippen MR) is 142 cm³/mol. The molecular weight excluding hydrogens is 494 g/mol. The number of esters is 1. The van der Waals surface area contributed by atoms with Crippen LogP contribution in [0.15, 0.2) is 39.5 Å². The number of aryl methyl sites for hydroxylation is 1. The molecule has 0 aliphatic carbocycles. The number of phenolic OH excluding ortho intramolecular Hbond substituents is 1. The molecule has 0 amide bonds. The number of piperazine rings is 1. The van der Waals surface area contributed by atoms with E-state index in [9.17, 15) is 19.8 Å². The Labute approximate surface area is 217 Å². The first kappa shape index (κ1) is 25.3. The van der Waals surface area contributed by atoms with Gasteiger partial charge in [-0.05, 0) is 32.0 Å². The number of para-hydroxylation sites is 1. The maximum atomic E-state index is 13.9. The van der Waals surface area contributed by atoms with E-state index in [1.54, 1.807) is 19.9 Å². The summed E-state index contributed by atoms with van der Waals surface area (Å²) in [6, 6.07) is 9.17. The van der Waals surface area contributed by atoms with E-state index in [4.69, 9.17) is 9.15 Å². The fourth-order valence-corrected chi connectivity index (χ4v) is 5.74. The number of hydrogen-bond acceptors (Lipinski definition) is 10. The molecular formula is C27H29N3O6S. The number of hydrogen-bond donors (Lipinski definition) is 2.